The summed E-state index contributed by atoms with van der Waals surface area (Å²) >= 11 is 18.9. The lowest BCUT2D eigenvalue weighted by Crippen LogP contribution is -2.28. The number of para-hydroxylation sites is 1. The van der Waals surface area contributed by atoms with Gasteiger partial charge in [-0.25, -0.2) is 0 Å². The van der Waals surface area contributed by atoms with E-state index < -0.39 is 0 Å². The normalized spacial score (nSPS) is 15.7. The second-order valence-corrected chi connectivity index (χ2v) is 8.65. The molecule has 1 saturated heterocycles. The van der Waals surface area contributed by atoms with E-state index in [1.807, 2.05) is 37.3 Å². The Kier molecular flexibility index (Phi) is 5.34. The standard InChI is InChI=1S/C21H13Cl2NO2S2/c1-12-4-2-3-5-17(12)24-20(25)19(28-21(24)27)11-14-7-9-18(26-14)15-8-6-13(22)10-16(15)23/h2-11H,1H3/b19-11+. The minimum Gasteiger partial charge on any atom is -0.457 e. The van der Waals surface area contributed by atoms with Gasteiger partial charge >= 0.3 is 0 Å². The van der Waals surface area contributed by atoms with Gasteiger partial charge in [0.1, 0.15) is 11.5 Å². The van der Waals surface area contributed by atoms with Crippen molar-refractivity contribution in [1.29, 1.82) is 0 Å². The molecule has 1 amide bonds. The van der Waals surface area contributed by atoms with Crippen LogP contribution in [0.25, 0.3) is 17.4 Å². The number of anilines is 1. The topological polar surface area (TPSA) is 33.5 Å². The first-order chi connectivity index (χ1) is 13.4. The second-order valence-electron chi connectivity index (χ2n) is 6.13. The second kappa shape index (κ2) is 7.76. The van der Waals surface area contributed by atoms with Crippen LogP contribution < -0.4 is 4.90 Å². The summed E-state index contributed by atoms with van der Waals surface area (Å²) in [5, 5.41) is 1.06. The van der Waals surface area contributed by atoms with Gasteiger partial charge in [0, 0.05) is 16.7 Å². The van der Waals surface area contributed by atoms with Crippen molar-refractivity contribution in [2.24, 2.45) is 0 Å². The number of rotatable bonds is 3. The summed E-state index contributed by atoms with van der Waals surface area (Å²) in [7, 11) is 0. The summed E-state index contributed by atoms with van der Waals surface area (Å²) in [6.07, 6.45) is 1.70. The summed E-state index contributed by atoms with van der Waals surface area (Å²) in [5.41, 5.74) is 2.51. The smallest absolute Gasteiger partial charge is 0.270 e. The molecule has 3 nitrogen and oxygen atoms in total. The number of aryl methyl sites for hydroxylation is 1. The minimum absolute atomic E-state index is 0.160. The number of carbonyl (C=O) groups excluding carboxylic acids is 1. The minimum atomic E-state index is -0.160. The molecule has 3 aromatic rings. The Morgan fingerprint density at radius 1 is 1.11 bits per heavy atom. The number of nitrogens with zero attached hydrogens (tertiary/aromatic N) is 1. The van der Waals surface area contributed by atoms with Crippen molar-refractivity contribution in [2.45, 2.75) is 6.92 Å². The zero-order valence-corrected chi connectivity index (χ0v) is 17.8. The average Bonchev–Trinajstić information content (AvgIpc) is 3.21. The van der Waals surface area contributed by atoms with Crippen LogP contribution >= 0.6 is 47.2 Å². The number of carbonyl (C=O) groups is 1. The third-order valence-corrected chi connectivity index (χ3v) is 6.10. The highest BCUT2D eigenvalue weighted by Gasteiger charge is 2.34. The molecule has 2 aromatic carbocycles. The van der Waals surface area contributed by atoms with E-state index in [0.717, 1.165) is 16.8 Å². The maximum absolute atomic E-state index is 12.9. The summed E-state index contributed by atoms with van der Waals surface area (Å²) in [4.78, 5) is 15.0. The van der Waals surface area contributed by atoms with Crippen LogP contribution in [0.3, 0.4) is 0 Å². The van der Waals surface area contributed by atoms with Crippen molar-refractivity contribution in [3.63, 3.8) is 0 Å². The highest BCUT2D eigenvalue weighted by molar-refractivity contribution is 8.27. The SMILES string of the molecule is Cc1ccccc1N1C(=O)/C(=C\c2ccc(-c3ccc(Cl)cc3Cl)o2)SC1=S. The van der Waals surface area contributed by atoms with Crippen LogP contribution in [0.15, 0.2) is 63.9 Å². The van der Waals surface area contributed by atoms with Crippen molar-refractivity contribution in [2.75, 3.05) is 4.90 Å². The van der Waals surface area contributed by atoms with Crippen LogP contribution in [-0.2, 0) is 4.79 Å². The lowest BCUT2D eigenvalue weighted by atomic mass is 10.2. The number of thiocarbonyl (C=S) groups is 1. The van der Waals surface area contributed by atoms with Crippen molar-refractivity contribution < 1.29 is 9.21 Å². The zero-order chi connectivity index (χ0) is 19.8. The summed E-state index contributed by atoms with van der Waals surface area (Å²) in [6, 6.07) is 16.5. The van der Waals surface area contributed by atoms with Gasteiger partial charge in [-0.05, 0) is 48.9 Å². The predicted octanol–water partition coefficient (Wildman–Crippen LogP) is 6.97. The highest BCUT2D eigenvalue weighted by Crippen LogP contribution is 2.38. The largest absolute Gasteiger partial charge is 0.457 e. The molecular weight excluding hydrogens is 433 g/mol. The van der Waals surface area contributed by atoms with E-state index in [1.165, 1.54) is 11.8 Å². The van der Waals surface area contributed by atoms with E-state index in [2.05, 4.69) is 0 Å². The number of hydrogen-bond donors (Lipinski definition) is 0. The Bertz CT molecular complexity index is 1140. The Morgan fingerprint density at radius 3 is 2.64 bits per heavy atom. The number of benzene rings is 2. The summed E-state index contributed by atoms with van der Waals surface area (Å²) < 4.78 is 6.37. The van der Waals surface area contributed by atoms with Gasteiger partial charge in [-0.3, -0.25) is 9.69 Å². The van der Waals surface area contributed by atoms with Crippen molar-refractivity contribution in [3.05, 3.63) is 80.9 Å². The molecule has 7 heteroatoms. The average molecular weight is 446 g/mol. The van der Waals surface area contributed by atoms with Gasteiger partial charge in [0.05, 0.1) is 15.6 Å². The first-order valence-corrected chi connectivity index (χ1v) is 10.3. The van der Waals surface area contributed by atoms with Crippen LogP contribution in [-0.4, -0.2) is 10.2 Å². The number of halogens is 2. The molecule has 28 heavy (non-hydrogen) atoms. The molecule has 1 aromatic heterocycles. The van der Waals surface area contributed by atoms with Crippen LogP contribution in [0.4, 0.5) is 5.69 Å². The number of hydrogen-bond acceptors (Lipinski definition) is 4. The third-order valence-electron chi connectivity index (χ3n) is 4.25. The van der Waals surface area contributed by atoms with Gasteiger partial charge in [-0.2, -0.15) is 0 Å². The van der Waals surface area contributed by atoms with E-state index in [-0.39, 0.29) is 5.91 Å². The lowest BCUT2D eigenvalue weighted by Gasteiger charge is -2.16. The fourth-order valence-corrected chi connectivity index (χ4v) is 4.65. The molecule has 0 aliphatic carbocycles. The van der Waals surface area contributed by atoms with E-state index in [0.29, 0.717) is 30.8 Å². The Labute approximate surface area is 181 Å². The van der Waals surface area contributed by atoms with Crippen molar-refractivity contribution in [3.8, 4) is 11.3 Å². The predicted molar refractivity (Wildman–Crippen MR) is 121 cm³/mol. The van der Waals surface area contributed by atoms with E-state index in [1.54, 1.807) is 35.2 Å². The maximum atomic E-state index is 12.9. The van der Waals surface area contributed by atoms with Crippen LogP contribution in [0.1, 0.15) is 11.3 Å². The zero-order valence-electron chi connectivity index (χ0n) is 14.6. The van der Waals surface area contributed by atoms with Gasteiger partial charge in [-0.15, -0.1) is 0 Å². The molecule has 1 aliphatic heterocycles. The quantitative estimate of drug-likeness (QED) is 0.321. The van der Waals surface area contributed by atoms with Crippen LogP contribution in [0.2, 0.25) is 10.0 Å². The van der Waals surface area contributed by atoms with Crippen LogP contribution in [0, 0.1) is 6.92 Å². The molecule has 1 aliphatic rings. The summed E-state index contributed by atoms with van der Waals surface area (Å²) in [6.45, 7) is 1.95. The third kappa shape index (κ3) is 3.63. The molecule has 0 atom stereocenters. The molecule has 0 unspecified atom stereocenters. The molecule has 0 spiro atoms. The molecule has 0 saturated carbocycles. The fraction of sp³-hybridized carbons (Fsp3) is 0.0476. The molecule has 1 fully saturated rings. The van der Waals surface area contributed by atoms with Crippen molar-refractivity contribution in [1.82, 2.24) is 0 Å². The van der Waals surface area contributed by atoms with Gasteiger partial charge in [-0.1, -0.05) is 65.4 Å². The highest BCUT2D eigenvalue weighted by atomic mass is 35.5. The van der Waals surface area contributed by atoms with E-state index in [9.17, 15) is 4.79 Å². The van der Waals surface area contributed by atoms with Crippen LogP contribution in [0.5, 0.6) is 0 Å². The molecule has 0 radical (unpaired) electrons. The fourth-order valence-electron chi connectivity index (χ4n) is 2.88. The van der Waals surface area contributed by atoms with E-state index >= 15 is 0 Å². The molecule has 0 N–H and O–H groups in total. The van der Waals surface area contributed by atoms with Crippen molar-refractivity contribution >= 4 is 69.2 Å². The number of amides is 1. The van der Waals surface area contributed by atoms with Gasteiger partial charge in [0.15, 0.2) is 4.32 Å². The lowest BCUT2D eigenvalue weighted by molar-refractivity contribution is -0.113. The molecule has 0 bridgehead atoms. The molecule has 140 valence electrons. The Morgan fingerprint density at radius 2 is 1.89 bits per heavy atom. The van der Waals surface area contributed by atoms with Gasteiger partial charge < -0.3 is 4.42 Å². The number of furan rings is 1. The Hall–Kier alpha value is -2.05. The first kappa shape index (κ1) is 19.3. The molecular formula is C21H13Cl2NO2S2. The monoisotopic (exact) mass is 445 g/mol. The first-order valence-electron chi connectivity index (χ1n) is 8.33. The van der Waals surface area contributed by atoms with Gasteiger partial charge in [0.25, 0.3) is 5.91 Å². The van der Waals surface area contributed by atoms with Gasteiger partial charge in [0.2, 0.25) is 0 Å². The number of thioether (sulfide) groups is 1. The molecule has 2 heterocycles. The maximum Gasteiger partial charge on any atom is 0.270 e. The Balaban J connectivity index is 1.64. The summed E-state index contributed by atoms with van der Waals surface area (Å²) in [5.74, 6) is 0.986. The van der Waals surface area contributed by atoms with E-state index in [4.69, 9.17) is 39.8 Å². The molecule has 4 rings (SSSR count).